The van der Waals surface area contributed by atoms with Crippen molar-refractivity contribution in [2.24, 2.45) is 0 Å². The highest BCUT2D eigenvalue weighted by atomic mass is 32.2. The average molecular weight is 238 g/mol. The second kappa shape index (κ2) is 3.70. The summed E-state index contributed by atoms with van der Waals surface area (Å²) >= 11 is 0. The molecule has 1 aromatic rings. The predicted molar refractivity (Wildman–Crippen MR) is 61.3 cm³/mol. The molecule has 0 spiro atoms. The van der Waals surface area contributed by atoms with Crippen LogP contribution in [0.4, 0.5) is 0 Å². The fraction of sp³-hybridized carbons (Fsp3) is 0.417. The Morgan fingerprint density at radius 2 is 2.12 bits per heavy atom. The highest BCUT2D eigenvalue weighted by Crippen LogP contribution is 2.37. The number of sulfone groups is 1. The van der Waals surface area contributed by atoms with Crippen molar-refractivity contribution in [2.75, 3.05) is 5.75 Å². The molecule has 0 bridgehead atoms. The van der Waals surface area contributed by atoms with Gasteiger partial charge < -0.3 is 4.79 Å². The van der Waals surface area contributed by atoms with Gasteiger partial charge in [-0.3, -0.25) is 0 Å². The van der Waals surface area contributed by atoms with Crippen molar-refractivity contribution in [1.82, 2.24) is 0 Å². The van der Waals surface area contributed by atoms with Gasteiger partial charge >= 0.3 is 0 Å². The quantitative estimate of drug-likeness (QED) is 0.790. The van der Waals surface area contributed by atoms with Crippen molar-refractivity contribution in [2.45, 2.75) is 31.1 Å². The molecule has 86 valence electrons. The van der Waals surface area contributed by atoms with E-state index < -0.39 is 9.84 Å². The molecule has 0 aliphatic carbocycles. The fourth-order valence-corrected chi connectivity index (χ4v) is 4.10. The fourth-order valence-electron chi connectivity index (χ4n) is 2.23. The molecule has 1 aliphatic heterocycles. The first-order valence-corrected chi connectivity index (χ1v) is 6.88. The van der Waals surface area contributed by atoms with Crippen LogP contribution in [0.3, 0.4) is 0 Å². The summed E-state index contributed by atoms with van der Waals surface area (Å²) in [6.45, 7) is 3.43. The summed E-state index contributed by atoms with van der Waals surface area (Å²) < 4.78 is 23.7. The highest BCUT2D eigenvalue weighted by molar-refractivity contribution is 7.91. The molecule has 0 amide bonds. The van der Waals surface area contributed by atoms with Gasteiger partial charge in [-0.2, -0.15) is 0 Å². The lowest BCUT2D eigenvalue weighted by molar-refractivity contribution is -0.117. The zero-order chi connectivity index (χ0) is 11.9. The average Bonchev–Trinajstić information content (AvgIpc) is 2.37. The standard InChI is InChI=1S/C12H14O3S/c1-8-3-4-12-11(5-8)10(6-9(2)13)7-16(12,14)15/h3-5,10H,6-7H2,1-2H3. The molecule has 1 atom stereocenters. The number of aryl methyl sites for hydroxylation is 1. The van der Waals surface area contributed by atoms with Crippen LogP contribution in [-0.4, -0.2) is 20.0 Å². The van der Waals surface area contributed by atoms with E-state index in [1.165, 1.54) is 6.92 Å². The van der Waals surface area contributed by atoms with Gasteiger partial charge in [-0.05, 0) is 25.5 Å². The van der Waals surface area contributed by atoms with E-state index in [4.69, 9.17) is 0 Å². The van der Waals surface area contributed by atoms with E-state index in [-0.39, 0.29) is 17.5 Å². The second-order valence-corrected chi connectivity index (χ2v) is 6.43. The Labute approximate surface area is 95.4 Å². The van der Waals surface area contributed by atoms with Crippen LogP contribution < -0.4 is 0 Å². The Morgan fingerprint density at radius 3 is 2.75 bits per heavy atom. The van der Waals surface area contributed by atoms with Gasteiger partial charge in [-0.15, -0.1) is 0 Å². The normalized spacial score (nSPS) is 21.8. The van der Waals surface area contributed by atoms with Gasteiger partial charge in [0.05, 0.1) is 10.6 Å². The Balaban J connectivity index is 2.52. The number of carbonyl (C=O) groups excluding carboxylic acids is 1. The molecule has 0 saturated carbocycles. The molecule has 1 unspecified atom stereocenters. The summed E-state index contributed by atoms with van der Waals surface area (Å²) in [4.78, 5) is 11.5. The minimum Gasteiger partial charge on any atom is -0.300 e. The zero-order valence-electron chi connectivity index (χ0n) is 9.36. The van der Waals surface area contributed by atoms with Crippen LogP contribution in [0.5, 0.6) is 0 Å². The monoisotopic (exact) mass is 238 g/mol. The van der Waals surface area contributed by atoms with Crippen molar-refractivity contribution in [3.63, 3.8) is 0 Å². The molecular formula is C12H14O3S. The third kappa shape index (κ3) is 1.89. The summed E-state index contributed by atoms with van der Waals surface area (Å²) in [6, 6.07) is 5.33. The maximum atomic E-state index is 11.8. The molecule has 16 heavy (non-hydrogen) atoms. The molecule has 2 rings (SSSR count). The van der Waals surface area contributed by atoms with E-state index in [9.17, 15) is 13.2 Å². The van der Waals surface area contributed by atoms with Crippen LogP contribution >= 0.6 is 0 Å². The summed E-state index contributed by atoms with van der Waals surface area (Å²) in [5, 5.41) is 0. The van der Waals surface area contributed by atoms with E-state index in [1.54, 1.807) is 12.1 Å². The van der Waals surface area contributed by atoms with E-state index in [0.717, 1.165) is 11.1 Å². The van der Waals surface area contributed by atoms with Crippen molar-refractivity contribution in [1.29, 1.82) is 0 Å². The van der Waals surface area contributed by atoms with Gasteiger partial charge in [0.15, 0.2) is 9.84 Å². The maximum absolute atomic E-state index is 11.8. The lowest BCUT2D eigenvalue weighted by atomic mass is 9.95. The minimum atomic E-state index is -3.17. The summed E-state index contributed by atoms with van der Waals surface area (Å²) in [7, 11) is -3.17. The molecule has 1 heterocycles. The van der Waals surface area contributed by atoms with E-state index in [1.807, 2.05) is 13.0 Å². The second-order valence-electron chi connectivity index (χ2n) is 4.43. The maximum Gasteiger partial charge on any atom is 0.179 e. The van der Waals surface area contributed by atoms with E-state index >= 15 is 0 Å². The molecule has 0 radical (unpaired) electrons. The first-order valence-electron chi connectivity index (χ1n) is 5.23. The van der Waals surface area contributed by atoms with Crippen LogP contribution in [0.15, 0.2) is 23.1 Å². The molecular weight excluding hydrogens is 224 g/mol. The Kier molecular flexibility index (Phi) is 2.62. The topological polar surface area (TPSA) is 51.2 Å². The number of ketones is 1. The molecule has 0 aromatic heterocycles. The number of benzene rings is 1. The van der Waals surface area contributed by atoms with Crippen molar-refractivity contribution in [3.8, 4) is 0 Å². The van der Waals surface area contributed by atoms with Gasteiger partial charge in [0.25, 0.3) is 0 Å². The number of Topliss-reactive ketones (excluding diaryl/α,β-unsaturated/α-hetero) is 1. The molecule has 1 aromatic carbocycles. The predicted octanol–water partition coefficient (Wildman–Crippen LogP) is 1.85. The number of fused-ring (bicyclic) bond motifs is 1. The third-order valence-electron chi connectivity index (χ3n) is 2.89. The summed E-state index contributed by atoms with van der Waals surface area (Å²) in [5.41, 5.74) is 1.85. The molecule has 4 heteroatoms. The lowest BCUT2D eigenvalue weighted by Gasteiger charge is -2.07. The Bertz CT molecular complexity index is 543. The molecule has 3 nitrogen and oxygen atoms in total. The number of rotatable bonds is 2. The van der Waals surface area contributed by atoms with Gasteiger partial charge in [0.1, 0.15) is 5.78 Å². The minimum absolute atomic E-state index is 0.0366. The molecule has 0 N–H and O–H groups in total. The van der Waals surface area contributed by atoms with Crippen molar-refractivity contribution < 1.29 is 13.2 Å². The number of carbonyl (C=O) groups is 1. The van der Waals surface area contributed by atoms with Gasteiger partial charge in [-0.25, -0.2) is 8.42 Å². The SMILES string of the molecule is CC(=O)CC1CS(=O)(=O)c2ccc(C)cc21. The van der Waals surface area contributed by atoms with Crippen LogP contribution in [-0.2, 0) is 14.6 Å². The largest absolute Gasteiger partial charge is 0.300 e. The zero-order valence-corrected chi connectivity index (χ0v) is 10.2. The van der Waals surface area contributed by atoms with Crippen LogP contribution in [0, 0.1) is 6.92 Å². The number of hydrogen-bond acceptors (Lipinski definition) is 3. The number of hydrogen-bond donors (Lipinski definition) is 0. The van der Waals surface area contributed by atoms with Gasteiger partial charge in [0, 0.05) is 12.3 Å². The van der Waals surface area contributed by atoms with Gasteiger partial charge in [0.2, 0.25) is 0 Å². The molecule has 0 fully saturated rings. The van der Waals surface area contributed by atoms with Crippen LogP contribution in [0.25, 0.3) is 0 Å². The highest BCUT2D eigenvalue weighted by Gasteiger charge is 2.34. The Hall–Kier alpha value is -1.16. The van der Waals surface area contributed by atoms with Crippen LogP contribution in [0.1, 0.15) is 30.4 Å². The van der Waals surface area contributed by atoms with Crippen LogP contribution in [0.2, 0.25) is 0 Å². The first-order chi connectivity index (χ1) is 7.40. The Morgan fingerprint density at radius 1 is 1.44 bits per heavy atom. The first kappa shape index (κ1) is 11.3. The van der Waals surface area contributed by atoms with Gasteiger partial charge in [-0.1, -0.05) is 17.7 Å². The van der Waals surface area contributed by atoms with E-state index in [0.29, 0.717) is 11.3 Å². The van der Waals surface area contributed by atoms with Crippen molar-refractivity contribution >= 4 is 15.6 Å². The third-order valence-corrected chi connectivity index (χ3v) is 4.78. The smallest absolute Gasteiger partial charge is 0.179 e. The summed E-state index contributed by atoms with van der Waals surface area (Å²) in [6.07, 6.45) is 0.315. The van der Waals surface area contributed by atoms with Crippen molar-refractivity contribution in [3.05, 3.63) is 29.3 Å². The lowest BCUT2D eigenvalue weighted by Crippen LogP contribution is -2.07. The van der Waals surface area contributed by atoms with E-state index in [2.05, 4.69) is 0 Å². The molecule has 0 saturated heterocycles. The summed E-state index contributed by atoms with van der Waals surface area (Å²) in [5.74, 6) is -0.0438. The molecule has 1 aliphatic rings.